The van der Waals surface area contributed by atoms with E-state index in [1.165, 1.54) is 0 Å². The van der Waals surface area contributed by atoms with Crippen molar-refractivity contribution in [1.29, 1.82) is 0 Å². The number of likely N-dealkylation sites (N-methyl/N-ethyl adjacent to an activating group) is 1. The van der Waals surface area contributed by atoms with E-state index in [1.54, 1.807) is 7.05 Å². The summed E-state index contributed by atoms with van der Waals surface area (Å²) in [4.78, 5) is 11.1. The van der Waals surface area contributed by atoms with Crippen molar-refractivity contribution in [1.82, 2.24) is 10.6 Å². The fourth-order valence-corrected chi connectivity index (χ4v) is 1.44. The number of carbonyl (C=O) groups is 1. The number of carbonyl (C=O) groups excluding carboxylic acids is 1. The second kappa shape index (κ2) is 4.58. The molecule has 4 heteroatoms. The first-order chi connectivity index (χ1) is 6.22. The summed E-state index contributed by atoms with van der Waals surface area (Å²) in [5, 5.41) is 14.4. The van der Waals surface area contributed by atoms with Gasteiger partial charge in [0.15, 0.2) is 0 Å². The van der Waals surface area contributed by atoms with Crippen molar-refractivity contribution in [2.24, 2.45) is 5.41 Å². The van der Waals surface area contributed by atoms with E-state index < -0.39 is 0 Å². The van der Waals surface area contributed by atoms with Crippen LogP contribution in [0.1, 0.15) is 19.3 Å². The molecule has 1 amide bonds. The lowest BCUT2D eigenvalue weighted by Crippen LogP contribution is -2.36. The molecule has 13 heavy (non-hydrogen) atoms. The molecule has 4 nitrogen and oxygen atoms in total. The van der Waals surface area contributed by atoms with E-state index in [1.807, 2.05) is 0 Å². The van der Waals surface area contributed by atoms with Gasteiger partial charge in [-0.3, -0.25) is 4.79 Å². The molecule has 1 aliphatic rings. The van der Waals surface area contributed by atoms with E-state index >= 15 is 0 Å². The highest BCUT2D eigenvalue weighted by molar-refractivity contribution is 5.78. The Hall–Kier alpha value is -0.610. The predicted octanol–water partition coefficient (Wildman–Crippen LogP) is -0.515. The molecule has 1 saturated carbocycles. The highest BCUT2D eigenvalue weighted by Crippen LogP contribution is 2.47. The lowest BCUT2D eigenvalue weighted by molar-refractivity contribution is -0.120. The topological polar surface area (TPSA) is 61.4 Å². The van der Waals surface area contributed by atoms with Crippen molar-refractivity contribution in [2.45, 2.75) is 19.3 Å². The Kier molecular flexibility index (Phi) is 3.69. The minimum Gasteiger partial charge on any atom is -0.396 e. The summed E-state index contributed by atoms with van der Waals surface area (Å²) in [5.41, 5.74) is 0.220. The Morgan fingerprint density at radius 3 is 2.69 bits per heavy atom. The third kappa shape index (κ3) is 3.32. The van der Waals surface area contributed by atoms with Crippen molar-refractivity contribution in [3.05, 3.63) is 0 Å². The summed E-state index contributed by atoms with van der Waals surface area (Å²) < 4.78 is 0. The number of aliphatic hydroxyl groups is 1. The molecule has 1 rings (SSSR count). The smallest absolute Gasteiger partial charge is 0.233 e. The third-order valence-corrected chi connectivity index (χ3v) is 2.60. The lowest BCUT2D eigenvalue weighted by Gasteiger charge is -2.14. The van der Waals surface area contributed by atoms with E-state index in [-0.39, 0.29) is 17.9 Å². The number of nitrogens with one attached hydrogen (secondary N) is 2. The van der Waals surface area contributed by atoms with Crippen LogP contribution in [0.4, 0.5) is 0 Å². The average Bonchev–Trinajstić information content (AvgIpc) is 2.84. The highest BCUT2D eigenvalue weighted by Gasteiger charge is 2.41. The van der Waals surface area contributed by atoms with Gasteiger partial charge in [-0.15, -0.1) is 0 Å². The van der Waals surface area contributed by atoms with Crippen LogP contribution < -0.4 is 10.6 Å². The fourth-order valence-electron chi connectivity index (χ4n) is 1.44. The van der Waals surface area contributed by atoms with Crippen molar-refractivity contribution in [3.63, 3.8) is 0 Å². The molecule has 0 aromatic heterocycles. The minimum atomic E-state index is 0.0340. The average molecular weight is 186 g/mol. The molecule has 76 valence electrons. The summed E-state index contributed by atoms with van der Waals surface area (Å²) in [7, 11) is 1.75. The number of amides is 1. The molecule has 0 saturated heterocycles. The van der Waals surface area contributed by atoms with Crippen LogP contribution >= 0.6 is 0 Å². The SMILES string of the molecule is CNCC(=O)NCC1(CCO)CC1. The van der Waals surface area contributed by atoms with Gasteiger partial charge in [-0.1, -0.05) is 0 Å². The van der Waals surface area contributed by atoms with E-state index in [0.717, 1.165) is 19.3 Å². The fraction of sp³-hybridized carbons (Fsp3) is 0.889. The van der Waals surface area contributed by atoms with Crippen molar-refractivity contribution < 1.29 is 9.90 Å². The molecule has 0 radical (unpaired) electrons. The number of hydrogen-bond acceptors (Lipinski definition) is 3. The first-order valence-electron chi connectivity index (χ1n) is 4.75. The third-order valence-electron chi connectivity index (χ3n) is 2.60. The van der Waals surface area contributed by atoms with Crippen molar-refractivity contribution in [2.75, 3.05) is 26.7 Å². The zero-order valence-electron chi connectivity index (χ0n) is 8.10. The van der Waals surface area contributed by atoms with E-state index in [9.17, 15) is 4.79 Å². The molecule has 0 aliphatic heterocycles. The number of rotatable bonds is 6. The summed E-state index contributed by atoms with van der Waals surface area (Å²) in [6, 6.07) is 0. The van der Waals surface area contributed by atoms with Gasteiger partial charge in [0, 0.05) is 13.2 Å². The Morgan fingerprint density at radius 2 is 2.23 bits per heavy atom. The Morgan fingerprint density at radius 1 is 1.54 bits per heavy atom. The molecular weight excluding hydrogens is 168 g/mol. The van der Waals surface area contributed by atoms with Crippen LogP contribution in [-0.2, 0) is 4.79 Å². The van der Waals surface area contributed by atoms with Crippen LogP contribution in [0.2, 0.25) is 0 Å². The molecule has 1 aliphatic carbocycles. The quantitative estimate of drug-likeness (QED) is 0.523. The zero-order chi connectivity index (χ0) is 9.73. The number of hydrogen-bond donors (Lipinski definition) is 3. The van der Waals surface area contributed by atoms with E-state index in [2.05, 4.69) is 10.6 Å². The maximum absolute atomic E-state index is 11.1. The zero-order valence-corrected chi connectivity index (χ0v) is 8.10. The molecule has 1 fully saturated rings. The monoisotopic (exact) mass is 186 g/mol. The Bertz CT molecular complexity index is 178. The van der Waals surface area contributed by atoms with Gasteiger partial charge >= 0.3 is 0 Å². The maximum Gasteiger partial charge on any atom is 0.233 e. The van der Waals surface area contributed by atoms with Gasteiger partial charge in [0.2, 0.25) is 5.91 Å². The molecule has 0 heterocycles. The van der Waals surface area contributed by atoms with Crippen LogP contribution in [-0.4, -0.2) is 37.8 Å². The van der Waals surface area contributed by atoms with E-state index in [0.29, 0.717) is 13.1 Å². The molecule has 0 aromatic carbocycles. The van der Waals surface area contributed by atoms with Gasteiger partial charge in [0.25, 0.3) is 0 Å². The lowest BCUT2D eigenvalue weighted by atomic mass is 10.0. The Labute approximate surface area is 78.7 Å². The standard InChI is InChI=1S/C9H18N2O2/c1-10-6-8(13)11-7-9(2-3-9)4-5-12/h10,12H,2-7H2,1H3,(H,11,13). The van der Waals surface area contributed by atoms with Crippen molar-refractivity contribution in [3.8, 4) is 0 Å². The Balaban J connectivity index is 2.14. The molecule has 0 unspecified atom stereocenters. The number of aliphatic hydroxyl groups excluding tert-OH is 1. The van der Waals surface area contributed by atoms with Crippen LogP contribution in [0.3, 0.4) is 0 Å². The second-order valence-electron chi connectivity index (χ2n) is 3.78. The van der Waals surface area contributed by atoms with Crippen molar-refractivity contribution >= 4 is 5.91 Å². The molecule has 0 spiro atoms. The van der Waals surface area contributed by atoms with Gasteiger partial charge in [-0.2, -0.15) is 0 Å². The van der Waals surface area contributed by atoms with Gasteiger partial charge in [-0.05, 0) is 31.7 Å². The van der Waals surface area contributed by atoms with Crippen LogP contribution in [0, 0.1) is 5.41 Å². The van der Waals surface area contributed by atoms with Gasteiger partial charge < -0.3 is 15.7 Å². The maximum atomic E-state index is 11.1. The molecular formula is C9H18N2O2. The first kappa shape index (κ1) is 10.5. The minimum absolute atomic E-state index is 0.0340. The summed E-state index contributed by atoms with van der Waals surface area (Å²) in [6.07, 6.45) is 3.08. The predicted molar refractivity (Wildman–Crippen MR) is 50.3 cm³/mol. The van der Waals surface area contributed by atoms with Gasteiger partial charge in [-0.25, -0.2) is 0 Å². The second-order valence-corrected chi connectivity index (χ2v) is 3.78. The van der Waals surface area contributed by atoms with Crippen LogP contribution in [0.25, 0.3) is 0 Å². The van der Waals surface area contributed by atoms with E-state index in [4.69, 9.17) is 5.11 Å². The summed E-state index contributed by atoms with van der Waals surface area (Å²) in [6.45, 7) is 1.31. The normalized spacial score (nSPS) is 18.3. The molecule has 0 aromatic rings. The molecule has 3 N–H and O–H groups in total. The first-order valence-corrected chi connectivity index (χ1v) is 4.75. The largest absolute Gasteiger partial charge is 0.396 e. The molecule has 0 atom stereocenters. The van der Waals surface area contributed by atoms with Gasteiger partial charge in [0.1, 0.15) is 0 Å². The van der Waals surface area contributed by atoms with Gasteiger partial charge in [0.05, 0.1) is 6.54 Å². The summed E-state index contributed by atoms with van der Waals surface area (Å²) in [5.74, 6) is 0.0340. The van der Waals surface area contributed by atoms with Crippen LogP contribution in [0.5, 0.6) is 0 Å². The summed E-state index contributed by atoms with van der Waals surface area (Å²) >= 11 is 0. The highest BCUT2D eigenvalue weighted by atomic mass is 16.3. The molecule has 0 bridgehead atoms. The van der Waals surface area contributed by atoms with Crippen LogP contribution in [0.15, 0.2) is 0 Å².